The van der Waals surface area contributed by atoms with E-state index >= 15 is 0 Å². The largest absolute Gasteiger partial charge is 0.490 e. The van der Waals surface area contributed by atoms with Gasteiger partial charge in [0.25, 0.3) is 5.91 Å². The fourth-order valence-electron chi connectivity index (χ4n) is 3.40. The average Bonchev–Trinajstić information content (AvgIpc) is 2.94. The summed E-state index contributed by atoms with van der Waals surface area (Å²) in [5.41, 5.74) is 1.04. The first-order valence-electron chi connectivity index (χ1n) is 9.33. The van der Waals surface area contributed by atoms with Gasteiger partial charge in [0.1, 0.15) is 5.82 Å². The van der Waals surface area contributed by atoms with Crippen LogP contribution in [0.1, 0.15) is 36.0 Å². The van der Waals surface area contributed by atoms with E-state index in [9.17, 15) is 4.79 Å². The maximum atomic E-state index is 13.0. The van der Waals surface area contributed by atoms with Crippen LogP contribution in [-0.2, 0) is 0 Å². The molecule has 1 saturated heterocycles. The van der Waals surface area contributed by atoms with Gasteiger partial charge in [-0.05, 0) is 31.4 Å². The number of ether oxygens (including phenoxy) is 2. The standard InChI is InChI=1S/C20H22ClN3O3/c21-15-12-17-18(27-11-5-10-26-17)13-16(15)23-20(25)14-6-4-7-22-19(14)24-8-2-1-3-9-24/h4,6-7,12-13H,1-3,5,8-11H2,(H,23,25). The van der Waals surface area contributed by atoms with Gasteiger partial charge in [0, 0.05) is 37.8 Å². The van der Waals surface area contributed by atoms with Gasteiger partial charge in [-0.25, -0.2) is 4.98 Å². The van der Waals surface area contributed by atoms with Gasteiger partial charge in [-0.2, -0.15) is 0 Å². The lowest BCUT2D eigenvalue weighted by Gasteiger charge is -2.29. The van der Waals surface area contributed by atoms with Gasteiger partial charge in [-0.1, -0.05) is 11.6 Å². The number of nitrogens with zero attached hydrogens (tertiary/aromatic N) is 2. The van der Waals surface area contributed by atoms with E-state index in [0.717, 1.165) is 38.2 Å². The third kappa shape index (κ3) is 3.95. The Bertz CT molecular complexity index is 837. The summed E-state index contributed by atoms with van der Waals surface area (Å²) < 4.78 is 11.3. The van der Waals surface area contributed by atoms with Gasteiger partial charge >= 0.3 is 0 Å². The van der Waals surface area contributed by atoms with Gasteiger partial charge in [0.05, 0.1) is 29.5 Å². The molecule has 0 aliphatic carbocycles. The fraction of sp³-hybridized carbons (Fsp3) is 0.400. The Morgan fingerprint density at radius 3 is 2.59 bits per heavy atom. The first kappa shape index (κ1) is 17.9. The molecule has 1 amide bonds. The maximum absolute atomic E-state index is 13.0. The second kappa shape index (κ2) is 8.05. The predicted octanol–water partition coefficient (Wildman–Crippen LogP) is 4.14. The van der Waals surface area contributed by atoms with Crippen LogP contribution in [0.5, 0.6) is 11.5 Å². The van der Waals surface area contributed by atoms with Crippen LogP contribution in [0.4, 0.5) is 11.5 Å². The van der Waals surface area contributed by atoms with Crippen molar-refractivity contribution < 1.29 is 14.3 Å². The molecule has 0 unspecified atom stereocenters. The van der Waals surface area contributed by atoms with Crippen LogP contribution in [0.15, 0.2) is 30.5 Å². The summed E-state index contributed by atoms with van der Waals surface area (Å²) in [5.74, 6) is 1.68. The lowest BCUT2D eigenvalue weighted by molar-refractivity contribution is 0.102. The molecule has 6 nitrogen and oxygen atoms in total. The van der Waals surface area contributed by atoms with E-state index in [0.29, 0.717) is 41.0 Å². The molecule has 0 bridgehead atoms. The van der Waals surface area contributed by atoms with Crippen molar-refractivity contribution in [3.05, 3.63) is 41.0 Å². The number of halogens is 1. The van der Waals surface area contributed by atoms with Gasteiger partial charge in [0.2, 0.25) is 0 Å². The second-order valence-corrected chi connectivity index (χ2v) is 7.11. The summed E-state index contributed by atoms with van der Waals surface area (Å²) in [4.78, 5) is 19.6. The van der Waals surface area contributed by atoms with E-state index in [1.54, 1.807) is 30.5 Å². The number of fused-ring (bicyclic) bond motifs is 1. The van der Waals surface area contributed by atoms with E-state index < -0.39 is 0 Å². The lowest BCUT2D eigenvalue weighted by atomic mass is 10.1. The van der Waals surface area contributed by atoms with E-state index in [4.69, 9.17) is 21.1 Å². The average molecular weight is 388 g/mol. The minimum absolute atomic E-state index is 0.236. The van der Waals surface area contributed by atoms with Crippen LogP contribution >= 0.6 is 11.6 Å². The monoisotopic (exact) mass is 387 g/mol. The van der Waals surface area contributed by atoms with E-state index in [2.05, 4.69) is 15.2 Å². The van der Waals surface area contributed by atoms with Crippen molar-refractivity contribution >= 4 is 29.0 Å². The summed E-state index contributed by atoms with van der Waals surface area (Å²) >= 11 is 6.36. The van der Waals surface area contributed by atoms with Gasteiger partial charge < -0.3 is 19.7 Å². The molecule has 1 fully saturated rings. The summed E-state index contributed by atoms with van der Waals surface area (Å²) in [5, 5.41) is 3.32. The fourth-order valence-corrected chi connectivity index (χ4v) is 3.60. The highest BCUT2D eigenvalue weighted by Gasteiger charge is 2.21. The minimum atomic E-state index is -0.236. The van der Waals surface area contributed by atoms with Crippen molar-refractivity contribution in [1.29, 1.82) is 0 Å². The Kier molecular flexibility index (Phi) is 5.34. The van der Waals surface area contributed by atoms with E-state index in [-0.39, 0.29) is 5.91 Å². The quantitative estimate of drug-likeness (QED) is 0.857. The number of aromatic nitrogens is 1. The number of nitrogens with one attached hydrogen (secondary N) is 1. The van der Waals surface area contributed by atoms with Crippen molar-refractivity contribution in [3.8, 4) is 11.5 Å². The highest BCUT2D eigenvalue weighted by Crippen LogP contribution is 2.38. The topological polar surface area (TPSA) is 63.7 Å². The van der Waals surface area contributed by atoms with Gasteiger partial charge in [0.15, 0.2) is 11.5 Å². The number of carbonyl (C=O) groups excluding carboxylic acids is 1. The minimum Gasteiger partial charge on any atom is -0.490 e. The molecule has 0 radical (unpaired) electrons. The summed E-state index contributed by atoms with van der Waals surface area (Å²) in [7, 11) is 0. The third-order valence-electron chi connectivity index (χ3n) is 4.77. The first-order valence-corrected chi connectivity index (χ1v) is 9.70. The predicted molar refractivity (Wildman–Crippen MR) is 105 cm³/mol. The number of hydrogen-bond donors (Lipinski definition) is 1. The molecular formula is C20H22ClN3O3. The Hall–Kier alpha value is -2.47. The van der Waals surface area contributed by atoms with Crippen molar-refractivity contribution in [3.63, 3.8) is 0 Å². The highest BCUT2D eigenvalue weighted by atomic mass is 35.5. The Balaban J connectivity index is 1.59. The van der Waals surface area contributed by atoms with Crippen molar-refractivity contribution in [1.82, 2.24) is 4.98 Å². The number of carbonyl (C=O) groups is 1. The van der Waals surface area contributed by atoms with Gasteiger partial charge in [-0.3, -0.25) is 4.79 Å². The molecule has 3 heterocycles. The zero-order valence-electron chi connectivity index (χ0n) is 15.0. The van der Waals surface area contributed by atoms with Crippen LogP contribution < -0.4 is 19.7 Å². The Morgan fingerprint density at radius 1 is 1.07 bits per heavy atom. The Labute approximate surface area is 163 Å². The molecule has 2 aliphatic heterocycles. The number of anilines is 2. The van der Waals surface area contributed by atoms with Gasteiger partial charge in [-0.15, -0.1) is 0 Å². The lowest BCUT2D eigenvalue weighted by Crippen LogP contribution is -2.32. The van der Waals surface area contributed by atoms with Crippen molar-refractivity contribution in [2.75, 3.05) is 36.5 Å². The Morgan fingerprint density at radius 2 is 1.81 bits per heavy atom. The normalized spacial score (nSPS) is 16.6. The van der Waals surface area contributed by atoms with Crippen LogP contribution in [0, 0.1) is 0 Å². The first-order chi connectivity index (χ1) is 13.2. The smallest absolute Gasteiger partial charge is 0.259 e. The molecule has 2 aromatic rings. The molecule has 1 N–H and O–H groups in total. The summed E-state index contributed by atoms with van der Waals surface area (Å²) in [6.45, 7) is 3.00. The molecule has 0 atom stereocenters. The molecule has 0 saturated carbocycles. The molecule has 142 valence electrons. The molecule has 0 spiro atoms. The number of amides is 1. The zero-order valence-corrected chi connectivity index (χ0v) is 15.8. The third-order valence-corrected chi connectivity index (χ3v) is 5.09. The van der Waals surface area contributed by atoms with E-state index in [1.165, 1.54) is 6.42 Å². The number of pyridine rings is 1. The molecule has 27 heavy (non-hydrogen) atoms. The molecule has 2 aliphatic rings. The van der Waals surface area contributed by atoms with Crippen molar-refractivity contribution in [2.45, 2.75) is 25.7 Å². The van der Waals surface area contributed by atoms with Crippen LogP contribution in [-0.4, -0.2) is 37.2 Å². The highest BCUT2D eigenvalue weighted by molar-refractivity contribution is 6.34. The van der Waals surface area contributed by atoms with Crippen LogP contribution in [0.3, 0.4) is 0 Å². The number of hydrogen-bond acceptors (Lipinski definition) is 5. The SMILES string of the molecule is O=C(Nc1cc2c(cc1Cl)OCCCO2)c1cccnc1N1CCCCC1. The molecule has 1 aromatic carbocycles. The molecular weight excluding hydrogens is 366 g/mol. The van der Waals surface area contributed by atoms with Crippen LogP contribution in [0.25, 0.3) is 0 Å². The van der Waals surface area contributed by atoms with Crippen LogP contribution in [0.2, 0.25) is 5.02 Å². The molecule has 1 aromatic heterocycles. The number of rotatable bonds is 3. The number of benzene rings is 1. The molecule has 4 rings (SSSR count). The zero-order chi connectivity index (χ0) is 18.6. The summed E-state index contributed by atoms with van der Waals surface area (Å²) in [6, 6.07) is 6.98. The summed E-state index contributed by atoms with van der Waals surface area (Å²) in [6.07, 6.45) is 5.99. The molecule has 7 heteroatoms. The number of piperidine rings is 1. The van der Waals surface area contributed by atoms with E-state index in [1.807, 2.05) is 0 Å². The second-order valence-electron chi connectivity index (χ2n) is 6.71. The van der Waals surface area contributed by atoms with Crippen molar-refractivity contribution in [2.24, 2.45) is 0 Å². The maximum Gasteiger partial charge on any atom is 0.259 e.